The van der Waals surface area contributed by atoms with E-state index in [9.17, 15) is 4.79 Å². The van der Waals surface area contributed by atoms with Crippen LogP contribution in [0.3, 0.4) is 0 Å². The highest BCUT2D eigenvalue weighted by Gasteiger charge is 2.27. The predicted molar refractivity (Wildman–Crippen MR) is 80.7 cm³/mol. The summed E-state index contributed by atoms with van der Waals surface area (Å²) >= 11 is 0. The molecule has 23 heavy (non-hydrogen) atoms. The van der Waals surface area contributed by atoms with Gasteiger partial charge in [-0.3, -0.25) is 14.7 Å². The fraction of sp³-hybridized carbons (Fsp3) is 0.125. The van der Waals surface area contributed by atoms with Crippen LogP contribution >= 0.6 is 0 Å². The molecule has 114 valence electrons. The fourth-order valence-corrected chi connectivity index (χ4v) is 2.40. The minimum atomic E-state index is -0.146. The van der Waals surface area contributed by atoms with Crippen molar-refractivity contribution < 1.29 is 14.1 Å². The second-order valence-corrected chi connectivity index (χ2v) is 4.98. The molecule has 3 heterocycles. The molecule has 1 aromatic carbocycles. The maximum atomic E-state index is 12.1. The summed E-state index contributed by atoms with van der Waals surface area (Å²) in [5.74, 6) is 1.35. The van der Waals surface area contributed by atoms with Gasteiger partial charge in [0.2, 0.25) is 11.7 Å². The van der Waals surface area contributed by atoms with Gasteiger partial charge < -0.3 is 9.26 Å². The molecule has 7 heteroatoms. The Morgan fingerprint density at radius 1 is 1.13 bits per heavy atom. The van der Waals surface area contributed by atoms with Gasteiger partial charge in [-0.2, -0.15) is 4.98 Å². The molecule has 0 N–H and O–H groups in total. The molecule has 3 aromatic rings. The molecule has 0 saturated carbocycles. The van der Waals surface area contributed by atoms with Crippen LogP contribution in [0.4, 0.5) is 5.69 Å². The summed E-state index contributed by atoms with van der Waals surface area (Å²) in [4.78, 5) is 22.0. The van der Waals surface area contributed by atoms with Crippen molar-refractivity contribution in [2.45, 2.75) is 6.54 Å². The van der Waals surface area contributed by atoms with E-state index in [1.165, 1.54) is 0 Å². The number of ether oxygens (including phenoxy) is 1. The number of rotatable bonds is 3. The van der Waals surface area contributed by atoms with Gasteiger partial charge in [0, 0.05) is 18.0 Å². The molecule has 1 aliphatic rings. The van der Waals surface area contributed by atoms with Gasteiger partial charge in [-0.05, 0) is 24.3 Å². The highest BCUT2D eigenvalue weighted by atomic mass is 16.5. The monoisotopic (exact) mass is 308 g/mol. The van der Waals surface area contributed by atoms with Crippen LogP contribution in [0, 0.1) is 0 Å². The lowest BCUT2D eigenvalue weighted by atomic mass is 10.2. The van der Waals surface area contributed by atoms with Crippen LogP contribution in [0.25, 0.3) is 11.4 Å². The molecule has 1 aliphatic heterocycles. The van der Waals surface area contributed by atoms with Gasteiger partial charge >= 0.3 is 0 Å². The highest BCUT2D eigenvalue weighted by molar-refractivity contribution is 5.97. The van der Waals surface area contributed by atoms with Crippen molar-refractivity contribution in [2.24, 2.45) is 0 Å². The first kappa shape index (κ1) is 13.4. The number of hydrogen-bond donors (Lipinski definition) is 0. The van der Waals surface area contributed by atoms with E-state index in [1.807, 2.05) is 24.3 Å². The number of pyridine rings is 1. The molecule has 7 nitrogen and oxygen atoms in total. The molecular weight excluding hydrogens is 296 g/mol. The van der Waals surface area contributed by atoms with Gasteiger partial charge in [0.25, 0.3) is 5.91 Å². The maximum Gasteiger partial charge on any atom is 0.265 e. The number of nitrogens with zero attached hydrogens (tertiary/aromatic N) is 4. The van der Waals surface area contributed by atoms with Crippen molar-refractivity contribution in [3.63, 3.8) is 0 Å². The summed E-state index contributed by atoms with van der Waals surface area (Å²) in [6.45, 7) is 0.208. The summed E-state index contributed by atoms with van der Waals surface area (Å²) < 4.78 is 10.7. The Morgan fingerprint density at radius 2 is 1.96 bits per heavy atom. The number of carbonyl (C=O) groups is 1. The second-order valence-electron chi connectivity index (χ2n) is 4.98. The van der Waals surface area contributed by atoms with Gasteiger partial charge in [0.1, 0.15) is 12.3 Å². The average Bonchev–Trinajstić information content (AvgIpc) is 3.07. The number of para-hydroxylation sites is 2. The third-order valence-corrected chi connectivity index (χ3v) is 3.51. The first-order chi connectivity index (χ1) is 11.3. The Hall–Kier alpha value is -3.22. The largest absolute Gasteiger partial charge is 0.482 e. The number of aromatic nitrogens is 3. The van der Waals surface area contributed by atoms with Crippen molar-refractivity contribution in [1.29, 1.82) is 0 Å². The van der Waals surface area contributed by atoms with Crippen LogP contribution in [-0.2, 0) is 11.3 Å². The number of fused-ring (bicyclic) bond motifs is 1. The second kappa shape index (κ2) is 5.53. The molecule has 4 rings (SSSR count). The maximum absolute atomic E-state index is 12.1. The first-order valence-corrected chi connectivity index (χ1v) is 7.06. The van der Waals surface area contributed by atoms with E-state index in [1.54, 1.807) is 29.4 Å². The van der Waals surface area contributed by atoms with E-state index in [0.29, 0.717) is 23.2 Å². The molecule has 0 spiro atoms. The lowest BCUT2D eigenvalue weighted by Crippen LogP contribution is -2.38. The lowest BCUT2D eigenvalue weighted by Gasteiger charge is -2.27. The van der Waals surface area contributed by atoms with E-state index in [-0.39, 0.29) is 19.1 Å². The van der Waals surface area contributed by atoms with Crippen molar-refractivity contribution in [3.05, 3.63) is 54.7 Å². The van der Waals surface area contributed by atoms with E-state index < -0.39 is 0 Å². The smallest absolute Gasteiger partial charge is 0.265 e. The van der Waals surface area contributed by atoms with E-state index in [2.05, 4.69) is 15.1 Å². The molecule has 2 aromatic heterocycles. The predicted octanol–water partition coefficient (Wildman–Crippen LogP) is 2.06. The minimum absolute atomic E-state index is 0.00234. The Bertz CT molecular complexity index is 847. The topological polar surface area (TPSA) is 81.4 Å². The summed E-state index contributed by atoms with van der Waals surface area (Å²) in [7, 11) is 0. The van der Waals surface area contributed by atoms with Gasteiger partial charge in [-0.15, -0.1) is 0 Å². The number of anilines is 1. The molecule has 0 bridgehead atoms. The number of amides is 1. The van der Waals surface area contributed by atoms with Crippen molar-refractivity contribution in [3.8, 4) is 17.1 Å². The van der Waals surface area contributed by atoms with Gasteiger partial charge in [-0.25, -0.2) is 0 Å². The van der Waals surface area contributed by atoms with Crippen LogP contribution < -0.4 is 9.64 Å². The molecule has 0 radical (unpaired) electrons. The van der Waals surface area contributed by atoms with Crippen LogP contribution in [0.15, 0.2) is 53.3 Å². The quantitative estimate of drug-likeness (QED) is 0.736. The number of benzene rings is 1. The minimum Gasteiger partial charge on any atom is -0.482 e. The van der Waals surface area contributed by atoms with Crippen molar-refractivity contribution >= 4 is 11.6 Å². The SMILES string of the molecule is O=C1COc2ccccc2N1Cc1nc(-c2ccncc2)no1. The van der Waals surface area contributed by atoms with Crippen LogP contribution in [0.5, 0.6) is 5.75 Å². The summed E-state index contributed by atoms with van der Waals surface area (Å²) in [6, 6.07) is 11.0. The zero-order valence-electron chi connectivity index (χ0n) is 12.0. The third kappa shape index (κ3) is 2.52. The summed E-state index contributed by atoms with van der Waals surface area (Å²) in [5.41, 5.74) is 1.51. The Morgan fingerprint density at radius 3 is 2.83 bits per heavy atom. The third-order valence-electron chi connectivity index (χ3n) is 3.51. The first-order valence-electron chi connectivity index (χ1n) is 7.06. The summed E-state index contributed by atoms with van der Waals surface area (Å²) in [5, 5.41) is 3.95. The Kier molecular flexibility index (Phi) is 3.23. The molecule has 0 saturated heterocycles. The number of carbonyl (C=O) groups excluding carboxylic acids is 1. The van der Waals surface area contributed by atoms with Crippen LogP contribution in [-0.4, -0.2) is 27.6 Å². The zero-order chi connectivity index (χ0) is 15.6. The van der Waals surface area contributed by atoms with E-state index >= 15 is 0 Å². The van der Waals surface area contributed by atoms with Gasteiger partial charge in [-0.1, -0.05) is 17.3 Å². The standard InChI is InChI=1S/C16H12N4O3/c21-15-10-22-13-4-2-1-3-12(13)20(15)9-14-18-16(19-23-14)11-5-7-17-8-6-11/h1-8H,9-10H2. The molecular formula is C16H12N4O3. The number of hydrogen-bond acceptors (Lipinski definition) is 6. The van der Waals surface area contributed by atoms with E-state index in [0.717, 1.165) is 5.56 Å². The Balaban J connectivity index is 1.61. The van der Waals surface area contributed by atoms with Gasteiger partial charge in [0.05, 0.1) is 5.69 Å². The summed E-state index contributed by atoms with van der Waals surface area (Å²) in [6.07, 6.45) is 3.32. The van der Waals surface area contributed by atoms with E-state index in [4.69, 9.17) is 9.26 Å². The molecule has 0 unspecified atom stereocenters. The molecule has 1 amide bonds. The van der Waals surface area contributed by atoms with Crippen LogP contribution in [0.2, 0.25) is 0 Å². The highest BCUT2D eigenvalue weighted by Crippen LogP contribution is 2.32. The Labute approximate surface area is 131 Å². The molecule has 0 aliphatic carbocycles. The van der Waals surface area contributed by atoms with Crippen molar-refractivity contribution in [1.82, 2.24) is 15.1 Å². The van der Waals surface area contributed by atoms with Crippen molar-refractivity contribution in [2.75, 3.05) is 11.5 Å². The van der Waals surface area contributed by atoms with Crippen LogP contribution in [0.1, 0.15) is 5.89 Å². The average molecular weight is 308 g/mol. The molecule has 0 fully saturated rings. The zero-order valence-corrected chi connectivity index (χ0v) is 12.0. The van der Waals surface area contributed by atoms with Gasteiger partial charge in [0.15, 0.2) is 6.61 Å². The lowest BCUT2D eigenvalue weighted by molar-refractivity contribution is -0.121. The molecule has 0 atom stereocenters. The normalized spacial score (nSPS) is 13.6. The fourth-order valence-electron chi connectivity index (χ4n) is 2.40.